The van der Waals surface area contributed by atoms with Gasteiger partial charge in [0.05, 0.1) is 6.54 Å². The molecule has 1 aromatic carbocycles. The third-order valence-corrected chi connectivity index (χ3v) is 2.78. The van der Waals surface area contributed by atoms with Gasteiger partial charge in [0, 0.05) is 18.8 Å². The van der Waals surface area contributed by atoms with E-state index in [-0.39, 0.29) is 11.9 Å². The van der Waals surface area contributed by atoms with Gasteiger partial charge in [0.1, 0.15) is 11.4 Å². The van der Waals surface area contributed by atoms with Crippen LogP contribution in [0.1, 0.15) is 26.3 Å². The zero-order valence-corrected chi connectivity index (χ0v) is 11.5. The molecule has 1 heterocycles. The molecule has 0 atom stereocenters. The van der Waals surface area contributed by atoms with Crippen LogP contribution >= 0.6 is 0 Å². The van der Waals surface area contributed by atoms with Gasteiger partial charge in [-0.1, -0.05) is 6.07 Å². The number of anilines is 1. The number of carbonyl (C=O) groups excluding carboxylic acids is 1. The van der Waals surface area contributed by atoms with E-state index in [9.17, 15) is 9.18 Å². The van der Waals surface area contributed by atoms with Gasteiger partial charge in [-0.15, -0.1) is 0 Å². The van der Waals surface area contributed by atoms with Crippen molar-refractivity contribution in [1.29, 1.82) is 0 Å². The summed E-state index contributed by atoms with van der Waals surface area (Å²) in [5, 5.41) is 3.12. The van der Waals surface area contributed by atoms with Crippen LogP contribution in [0.3, 0.4) is 0 Å². The van der Waals surface area contributed by atoms with Gasteiger partial charge in [-0.05, 0) is 38.5 Å². The maximum atomic E-state index is 13.2. The highest BCUT2D eigenvalue weighted by Gasteiger charge is 2.24. The Kier molecular flexibility index (Phi) is 3.64. The molecule has 0 saturated heterocycles. The van der Waals surface area contributed by atoms with Crippen molar-refractivity contribution >= 4 is 11.8 Å². The van der Waals surface area contributed by atoms with Gasteiger partial charge in [-0.3, -0.25) is 0 Å². The van der Waals surface area contributed by atoms with Crippen LogP contribution in [0.4, 0.5) is 14.9 Å². The maximum absolute atomic E-state index is 13.2. The molecule has 0 fully saturated rings. The lowest BCUT2D eigenvalue weighted by atomic mass is 10.1. The average molecular weight is 266 g/mol. The second kappa shape index (κ2) is 5.07. The lowest BCUT2D eigenvalue weighted by Crippen LogP contribution is -2.37. The van der Waals surface area contributed by atoms with Crippen LogP contribution in [0, 0.1) is 5.82 Å². The third-order valence-electron chi connectivity index (χ3n) is 2.78. The normalized spacial score (nSPS) is 15.3. The second-order valence-corrected chi connectivity index (χ2v) is 5.63. The molecule has 4 nitrogen and oxygen atoms in total. The Morgan fingerprint density at radius 3 is 2.84 bits per heavy atom. The molecule has 2 rings (SSSR count). The van der Waals surface area contributed by atoms with E-state index in [1.807, 2.05) is 20.8 Å². The number of hydrogen-bond acceptors (Lipinski definition) is 3. The fourth-order valence-electron chi connectivity index (χ4n) is 1.94. The zero-order valence-electron chi connectivity index (χ0n) is 11.5. The van der Waals surface area contributed by atoms with Crippen LogP contribution in [0.25, 0.3) is 0 Å². The van der Waals surface area contributed by atoms with Crippen molar-refractivity contribution < 1.29 is 13.9 Å². The summed E-state index contributed by atoms with van der Waals surface area (Å²) in [4.78, 5) is 13.7. The number of amides is 1. The lowest BCUT2D eigenvalue weighted by Gasteiger charge is -2.26. The van der Waals surface area contributed by atoms with Crippen molar-refractivity contribution in [1.82, 2.24) is 4.90 Å². The molecule has 104 valence electrons. The lowest BCUT2D eigenvalue weighted by molar-refractivity contribution is 0.0245. The van der Waals surface area contributed by atoms with Gasteiger partial charge < -0.3 is 15.0 Å². The van der Waals surface area contributed by atoms with Gasteiger partial charge in [-0.2, -0.15) is 0 Å². The Bertz CT molecular complexity index is 483. The first-order valence-electron chi connectivity index (χ1n) is 6.35. The summed E-state index contributed by atoms with van der Waals surface area (Å²) in [6.45, 7) is 7.05. The molecule has 1 aliphatic heterocycles. The van der Waals surface area contributed by atoms with Crippen molar-refractivity contribution in [2.45, 2.75) is 32.9 Å². The van der Waals surface area contributed by atoms with Crippen LogP contribution in [0.5, 0.6) is 0 Å². The van der Waals surface area contributed by atoms with Crippen molar-refractivity contribution in [3.63, 3.8) is 0 Å². The summed E-state index contributed by atoms with van der Waals surface area (Å²) < 4.78 is 18.5. The minimum absolute atomic E-state index is 0.281. The second-order valence-electron chi connectivity index (χ2n) is 5.63. The van der Waals surface area contributed by atoms with Crippen molar-refractivity contribution in [3.8, 4) is 0 Å². The number of carbonyl (C=O) groups is 1. The molecule has 0 aromatic heterocycles. The van der Waals surface area contributed by atoms with E-state index in [1.54, 1.807) is 11.0 Å². The van der Waals surface area contributed by atoms with Gasteiger partial charge in [0.15, 0.2) is 0 Å². The molecule has 1 aliphatic rings. The van der Waals surface area contributed by atoms with Gasteiger partial charge in [0.25, 0.3) is 0 Å². The van der Waals surface area contributed by atoms with E-state index in [0.29, 0.717) is 19.6 Å². The van der Waals surface area contributed by atoms with Gasteiger partial charge in [0.2, 0.25) is 0 Å². The summed E-state index contributed by atoms with van der Waals surface area (Å²) in [5.41, 5.74) is 1.12. The van der Waals surface area contributed by atoms with Crippen LogP contribution in [-0.2, 0) is 11.3 Å². The molecule has 0 unspecified atom stereocenters. The average Bonchev–Trinajstić information content (AvgIpc) is 2.48. The van der Waals surface area contributed by atoms with Crippen molar-refractivity contribution in [2.24, 2.45) is 0 Å². The van der Waals surface area contributed by atoms with Crippen LogP contribution in [-0.4, -0.2) is 29.7 Å². The Morgan fingerprint density at radius 2 is 2.16 bits per heavy atom. The Hall–Kier alpha value is -1.78. The van der Waals surface area contributed by atoms with E-state index in [4.69, 9.17) is 4.74 Å². The van der Waals surface area contributed by atoms with E-state index >= 15 is 0 Å². The number of nitrogens with zero attached hydrogens (tertiary/aromatic N) is 1. The Labute approximate surface area is 112 Å². The molecule has 0 saturated carbocycles. The quantitative estimate of drug-likeness (QED) is 0.785. The molecule has 1 N–H and O–H groups in total. The molecule has 0 bridgehead atoms. The third kappa shape index (κ3) is 3.59. The fraction of sp³-hybridized carbons (Fsp3) is 0.500. The largest absolute Gasteiger partial charge is 0.444 e. The fourth-order valence-corrected chi connectivity index (χ4v) is 1.94. The van der Waals surface area contributed by atoms with Gasteiger partial charge >= 0.3 is 6.09 Å². The molecular weight excluding hydrogens is 247 g/mol. The summed E-state index contributed by atoms with van der Waals surface area (Å²) in [6.07, 6.45) is -0.341. The highest BCUT2D eigenvalue weighted by atomic mass is 19.1. The first kappa shape index (κ1) is 13.6. The smallest absolute Gasteiger partial charge is 0.410 e. The predicted octanol–water partition coefficient (Wildman–Crippen LogP) is 2.99. The summed E-state index contributed by atoms with van der Waals surface area (Å²) in [6, 6.07) is 4.55. The molecule has 0 spiro atoms. The Morgan fingerprint density at radius 1 is 1.42 bits per heavy atom. The first-order chi connectivity index (χ1) is 8.85. The topological polar surface area (TPSA) is 41.6 Å². The Balaban J connectivity index is 2.13. The zero-order chi connectivity index (χ0) is 14.0. The van der Waals surface area contributed by atoms with Crippen LogP contribution < -0.4 is 5.32 Å². The molecule has 0 radical (unpaired) electrons. The minimum atomic E-state index is -0.511. The first-order valence-corrected chi connectivity index (χ1v) is 6.35. The molecule has 1 amide bonds. The predicted molar refractivity (Wildman–Crippen MR) is 71.5 cm³/mol. The van der Waals surface area contributed by atoms with E-state index in [0.717, 1.165) is 11.3 Å². The minimum Gasteiger partial charge on any atom is -0.444 e. The number of rotatable bonds is 0. The van der Waals surface area contributed by atoms with Crippen LogP contribution in [0.15, 0.2) is 18.2 Å². The molecule has 0 aliphatic carbocycles. The molecule has 5 heteroatoms. The van der Waals surface area contributed by atoms with Crippen LogP contribution in [0.2, 0.25) is 0 Å². The van der Waals surface area contributed by atoms with E-state index < -0.39 is 5.60 Å². The highest BCUT2D eigenvalue weighted by molar-refractivity contribution is 5.69. The van der Waals surface area contributed by atoms with E-state index in [2.05, 4.69) is 5.32 Å². The number of nitrogens with one attached hydrogen (secondary N) is 1. The standard InChI is InChI=1S/C14H19FN2O2/c1-14(2,3)19-13(18)17-7-6-16-12-8-11(15)5-4-10(12)9-17/h4-5,8,16H,6-7,9H2,1-3H3. The molecule has 19 heavy (non-hydrogen) atoms. The number of fused-ring (bicyclic) bond motifs is 1. The maximum Gasteiger partial charge on any atom is 0.410 e. The molecule has 1 aromatic rings. The number of halogens is 1. The van der Waals surface area contributed by atoms with Crippen molar-refractivity contribution in [3.05, 3.63) is 29.6 Å². The van der Waals surface area contributed by atoms with Crippen molar-refractivity contribution in [2.75, 3.05) is 18.4 Å². The van der Waals surface area contributed by atoms with Gasteiger partial charge in [-0.25, -0.2) is 9.18 Å². The summed E-state index contributed by atoms with van der Waals surface area (Å²) in [5.74, 6) is -0.281. The summed E-state index contributed by atoms with van der Waals surface area (Å²) in [7, 11) is 0. The molecular formula is C14H19FN2O2. The monoisotopic (exact) mass is 266 g/mol. The number of ether oxygens (including phenoxy) is 1. The highest BCUT2D eigenvalue weighted by Crippen LogP contribution is 2.22. The van der Waals surface area contributed by atoms with E-state index in [1.165, 1.54) is 12.1 Å². The number of hydrogen-bond donors (Lipinski definition) is 1. The summed E-state index contributed by atoms with van der Waals surface area (Å²) >= 11 is 0. The number of benzene rings is 1. The SMILES string of the molecule is CC(C)(C)OC(=O)N1CCNc2cc(F)ccc2C1.